The molecule has 3 rings (SSSR count). The number of hydrogen-bond acceptors (Lipinski definition) is 3. The van der Waals surface area contributed by atoms with E-state index < -0.39 is 29.0 Å². The van der Waals surface area contributed by atoms with Crippen LogP contribution in [0, 0.1) is 5.82 Å². The summed E-state index contributed by atoms with van der Waals surface area (Å²) in [6, 6.07) is 9.51. The van der Waals surface area contributed by atoms with Crippen LogP contribution >= 0.6 is 0 Å². The van der Waals surface area contributed by atoms with Crippen LogP contribution in [0.2, 0.25) is 0 Å². The first-order chi connectivity index (χ1) is 15.1. The highest BCUT2D eigenvalue weighted by atomic mass is 19.4. The van der Waals surface area contributed by atoms with Gasteiger partial charge in [0.25, 0.3) is 0 Å². The molecule has 172 valence electrons. The molecule has 1 atom stereocenters. The lowest BCUT2D eigenvalue weighted by Crippen LogP contribution is -2.44. The highest BCUT2D eigenvalue weighted by Gasteiger charge is 2.38. The number of amides is 2. The Balaban J connectivity index is 1.62. The van der Waals surface area contributed by atoms with Gasteiger partial charge in [0.1, 0.15) is 11.6 Å². The lowest BCUT2D eigenvalue weighted by molar-refractivity contribution is -0.137. The summed E-state index contributed by atoms with van der Waals surface area (Å²) in [6.07, 6.45) is -2.82. The molecule has 1 aliphatic rings. The van der Waals surface area contributed by atoms with E-state index in [1.165, 1.54) is 0 Å². The Morgan fingerprint density at radius 3 is 2.66 bits per heavy atom. The number of carbonyl (C=O) groups is 2. The maximum Gasteiger partial charge on any atom is 0.416 e. The Kier molecular flexibility index (Phi) is 7.06. The molecule has 1 aliphatic heterocycles. The van der Waals surface area contributed by atoms with Crippen molar-refractivity contribution < 1.29 is 31.9 Å². The van der Waals surface area contributed by atoms with Crippen LogP contribution in [-0.4, -0.2) is 24.5 Å². The summed E-state index contributed by atoms with van der Waals surface area (Å²) >= 11 is 0. The Bertz CT molecular complexity index is 993. The molecular formula is C23H24F4N2O3. The van der Waals surface area contributed by atoms with Crippen LogP contribution in [0.1, 0.15) is 42.4 Å². The predicted molar refractivity (Wildman–Crippen MR) is 109 cm³/mol. The molecule has 0 saturated carbocycles. The van der Waals surface area contributed by atoms with Gasteiger partial charge in [-0.15, -0.1) is 0 Å². The lowest BCUT2D eigenvalue weighted by Gasteiger charge is -2.29. The number of nitrogens with one attached hydrogen (secondary N) is 2. The van der Waals surface area contributed by atoms with E-state index in [9.17, 15) is 27.2 Å². The molecule has 1 unspecified atom stereocenters. The fourth-order valence-electron chi connectivity index (χ4n) is 3.88. The van der Waals surface area contributed by atoms with E-state index in [0.717, 1.165) is 11.6 Å². The summed E-state index contributed by atoms with van der Waals surface area (Å²) in [5.41, 5.74) is -0.886. The molecule has 2 N–H and O–H groups in total. The molecule has 2 aromatic carbocycles. The Morgan fingerprint density at radius 1 is 1.22 bits per heavy atom. The van der Waals surface area contributed by atoms with Crippen LogP contribution in [-0.2, 0) is 28.7 Å². The van der Waals surface area contributed by atoms with Crippen molar-refractivity contribution in [2.75, 3.05) is 7.11 Å². The number of methoxy groups -OCH3 is 1. The van der Waals surface area contributed by atoms with Crippen LogP contribution in [0.15, 0.2) is 42.5 Å². The smallest absolute Gasteiger partial charge is 0.416 e. The topological polar surface area (TPSA) is 67.4 Å². The molecule has 9 heteroatoms. The van der Waals surface area contributed by atoms with Gasteiger partial charge in [0.15, 0.2) is 0 Å². The second-order valence-corrected chi connectivity index (χ2v) is 7.94. The molecule has 0 bridgehead atoms. The zero-order chi connectivity index (χ0) is 23.4. The van der Waals surface area contributed by atoms with E-state index in [1.54, 1.807) is 7.11 Å². The van der Waals surface area contributed by atoms with Crippen LogP contribution in [0.5, 0.6) is 5.75 Å². The number of benzene rings is 2. The third-order valence-electron chi connectivity index (χ3n) is 5.59. The van der Waals surface area contributed by atoms with Crippen molar-refractivity contribution in [2.45, 2.75) is 50.4 Å². The van der Waals surface area contributed by atoms with Gasteiger partial charge in [0.05, 0.1) is 12.7 Å². The molecular weight excluding hydrogens is 428 g/mol. The summed E-state index contributed by atoms with van der Waals surface area (Å²) < 4.78 is 57.6. The van der Waals surface area contributed by atoms with Crippen LogP contribution in [0.4, 0.5) is 17.6 Å². The lowest BCUT2D eigenvalue weighted by atomic mass is 9.85. The number of alkyl halides is 3. The first-order valence-corrected chi connectivity index (χ1v) is 10.2. The first kappa shape index (κ1) is 23.6. The molecule has 5 nitrogen and oxygen atoms in total. The van der Waals surface area contributed by atoms with Crippen molar-refractivity contribution in [3.8, 4) is 5.75 Å². The first-order valence-electron chi connectivity index (χ1n) is 10.2. The molecule has 1 saturated heterocycles. The molecule has 0 radical (unpaired) electrons. The Labute approximate surface area is 183 Å². The van der Waals surface area contributed by atoms with Crippen molar-refractivity contribution in [2.24, 2.45) is 0 Å². The van der Waals surface area contributed by atoms with Crippen LogP contribution in [0.3, 0.4) is 0 Å². The van der Waals surface area contributed by atoms with Gasteiger partial charge >= 0.3 is 6.18 Å². The molecule has 0 aliphatic carbocycles. The summed E-state index contributed by atoms with van der Waals surface area (Å²) in [7, 11) is 1.56. The van der Waals surface area contributed by atoms with Gasteiger partial charge in [-0.25, -0.2) is 4.39 Å². The van der Waals surface area contributed by atoms with Crippen molar-refractivity contribution in [3.63, 3.8) is 0 Å². The summed E-state index contributed by atoms with van der Waals surface area (Å²) in [4.78, 5) is 24.3. The zero-order valence-electron chi connectivity index (χ0n) is 17.5. The number of halogens is 4. The maximum atomic E-state index is 13.9. The molecule has 0 aromatic heterocycles. The standard InChI is InChI=1S/C23H24F4N2O3/c1-32-18-4-2-3-15(11-18)13-22(10-8-21(31)29-22)9-7-20(30)28-14-16-12-17(23(25,26)27)5-6-19(16)24/h2-6,11-12H,7-10,13-14H2,1H3,(H,28,30)(H,29,31). The van der Waals surface area contributed by atoms with Gasteiger partial charge in [0.2, 0.25) is 11.8 Å². The quantitative estimate of drug-likeness (QED) is 0.592. The highest BCUT2D eigenvalue weighted by Crippen LogP contribution is 2.31. The van der Waals surface area contributed by atoms with Crippen molar-refractivity contribution in [3.05, 3.63) is 65.0 Å². The van der Waals surface area contributed by atoms with Gasteiger partial charge in [-0.3, -0.25) is 9.59 Å². The minimum Gasteiger partial charge on any atom is -0.497 e. The third kappa shape index (κ3) is 5.99. The minimum atomic E-state index is -4.60. The monoisotopic (exact) mass is 452 g/mol. The van der Waals surface area contributed by atoms with Gasteiger partial charge in [-0.1, -0.05) is 12.1 Å². The van der Waals surface area contributed by atoms with Gasteiger partial charge in [-0.05, 0) is 55.2 Å². The largest absolute Gasteiger partial charge is 0.497 e. The predicted octanol–water partition coefficient (Wildman–Crippen LogP) is 4.14. The van der Waals surface area contributed by atoms with Gasteiger partial charge < -0.3 is 15.4 Å². The van der Waals surface area contributed by atoms with Crippen molar-refractivity contribution >= 4 is 11.8 Å². The van der Waals surface area contributed by atoms with E-state index in [2.05, 4.69) is 10.6 Å². The van der Waals surface area contributed by atoms with E-state index >= 15 is 0 Å². The normalized spacial score (nSPS) is 18.3. The maximum absolute atomic E-state index is 13.9. The van der Waals surface area contributed by atoms with Crippen molar-refractivity contribution in [1.82, 2.24) is 10.6 Å². The molecule has 1 fully saturated rings. The fourth-order valence-corrected chi connectivity index (χ4v) is 3.88. The van der Waals surface area contributed by atoms with Gasteiger partial charge in [-0.2, -0.15) is 13.2 Å². The van der Waals surface area contributed by atoms with Crippen LogP contribution in [0.25, 0.3) is 0 Å². The number of carbonyl (C=O) groups excluding carboxylic acids is 2. The number of ether oxygens (including phenoxy) is 1. The molecule has 1 heterocycles. The summed E-state index contributed by atoms with van der Waals surface area (Å²) in [5, 5.41) is 5.44. The van der Waals surface area contributed by atoms with Gasteiger partial charge in [0, 0.05) is 30.5 Å². The Morgan fingerprint density at radius 2 is 2.00 bits per heavy atom. The van der Waals surface area contributed by atoms with Crippen molar-refractivity contribution in [1.29, 1.82) is 0 Å². The summed E-state index contributed by atoms with van der Waals surface area (Å²) in [6.45, 7) is -0.357. The molecule has 2 aromatic rings. The fraction of sp³-hybridized carbons (Fsp3) is 0.391. The Hall–Kier alpha value is -3.10. The molecule has 0 spiro atoms. The molecule has 2 amide bonds. The average molecular weight is 452 g/mol. The second-order valence-electron chi connectivity index (χ2n) is 7.94. The summed E-state index contributed by atoms with van der Waals surface area (Å²) in [5.74, 6) is -0.675. The van der Waals surface area contributed by atoms with E-state index in [-0.39, 0.29) is 24.4 Å². The average Bonchev–Trinajstić information content (AvgIpc) is 3.11. The molecule has 32 heavy (non-hydrogen) atoms. The van der Waals surface area contributed by atoms with E-state index in [4.69, 9.17) is 4.74 Å². The number of rotatable bonds is 8. The second kappa shape index (κ2) is 9.58. The number of hydrogen-bond donors (Lipinski definition) is 2. The zero-order valence-corrected chi connectivity index (χ0v) is 17.5. The third-order valence-corrected chi connectivity index (χ3v) is 5.59. The SMILES string of the molecule is COc1cccc(CC2(CCC(=O)NCc3cc(C(F)(F)F)ccc3F)CCC(=O)N2)c1. The minimum absolute atomic E-state index is 0.0326. The highest BCUT2D eigenvalue weighted by molar-refractivity contribution is 5.80. The van der Waals surface area contributed by atoms with Crippen LogP contribution < -0.4 is 15.4 Å². The van der Waals surface area contributed by atoms with E-state index in [1.807, 2.05) is 24.3 Å². The van der Waals surface area contributed by atoms with E-state index in [0.29, 0.717) is 43.6 Å².